The maximum Gasteiger partial charge on any atom is 0.414 e. The first kappa shape index (κ1) is 12.4. The predicted octanol–water partition coefficient (Wildman–Crippen LogP) is 1.99. The average Bonchev–Trinajstić information content (AvgIpc) is 2.71. The molecule has 0 N–H and O–H groups in total. The predicted molar refractivity (Wildman–Crippen MR) is 67.1 cm³/mol. The van der Waals surface area contributed by atoms with Gasteiger partial charge in [-0.25, -0.2) is 4.79 Å². The zero-order valence-corrected chi connectivity index (χ0v) is 10.8. The second kappa shape index (κ2) is 5.06. The summed E-state index contributed by atoms with van der Waals surface area (Å²) in [5.74, 6) is 0.291. The third kappa shape index (κ3) is 2.61. The van der Waals surface area contributed by atoms with Crippen LogP contribution < -0.4 is 4.90 Å². The Bertz CT molecular complexity index is 449. The third-order valence-electron chi connectivity index (χ3n) is 2.53. The van der Waals surface area contributed by atoms with Gasteiger partial charge in [-0.3, -0.25) is 9.11 Å². The van der Waals surface area contributed by atoms with E-state index in [1.807, 2.05) is 0 Å². The minimum atomic E-state index is -1.01. The molecule has 6 heteroatoms. The maximum atomic E-state index is 11.5. The van der Waals surface area contributed by atoms with E-state index >= 15 is 0 Å². The van der Waals surface area contributed by atoms with Crippen molar-refractivity contribution in [2.45, 2.75) is 11.0 Å². The van der Waals surface area contributed by atoms with Gasteiger partial charge in [0.15, 0.2) is 0 Å². The highest BCUT2D eigenvalue weighted by atomic mass is 35.5. The molecule has 1 aromatic carbocycles. The molecule has 0 aromatic heterocycles. The lowest BCUT2D eigenvalue weighted by molar-refractivity contribution is 0.151. The maximum absolute atomic E-state index is 11.5. The number of hydrogen-bond acceptors (Lipinski definition) is 3. The van der Waals surface area contributed by atoms with Crippen LogP contribution in [0.4, 0.5) is 10.5 Å². The van der Waals surface area contributed by atoms with E-state index in [1.165, 1.54) is 4.90 Å². The molecule has 1 amide bonds. The highest BCUT2D eigenvalue weighted by Crippen LogP contribution is 2.23. The summed E-state index contributed by atoms with van der Waals surface area (Å²) in [6.45, 7) is 0.455. The fourth-order valence-corrected chi connectivity index (χ4v) is 2.31. The van der Waals surface area contributed by atoms with E-state index in [9.17, 15) is 9.00 Å². The summed E-state index contributed by atoms with van der Waals surface area (Å²) >= 11 is 5.65. The molecule has 92 valence electrons. The van der Waals surface area contributed by atoms with E-state index < -0.39 is 10.8 Å². The molecule has 0 bridgehead atoms. The SMILES string of the molecule is CS(=O)c1ccc(N2C[C@@H](CCl)OC2=O)cc1. The van der Waals surface area contributed by atoms with Crippen molar-refractivity contribution in [1.82, 2.24) is 0 Å². The van der Waals surface area contributed by atoms with E-state index in [4.69, 9.17) is 16.3 Å². The highest BCUT2D eigenvalue weighted by Gasteiger charge is 2.31. The van der Waals surface area contributed by atoms with Crippen molar-refractivity contribution < 1.29 is 13.7 Å². The molecule has 4 nitrogen and oxygen atoms in total. The summed E-state index contributed by atoms with van der Waals surface area (Å²) in [5, 5.41) is 0. The number of carbonyl (C=O) groups is 1. The molecule has 1 aliphatic rings. The molecular formula is C11H12ClNO3S. The van der Waals surface area contributed by atoms with Crippen LogP contribution in [0.15, 0.2) is 29.2 Å². The first-order valence-electron chi connectivity index (χ1n) is 5.09. The number of ether oxygens (including phenoxy) is 1. The van der Waals surface area contributed by atoms with Gasteiger partial charge >= 0.3 is 6.09 Å². The normalized spacial score (nSPS) is 21.4. The van der Waals surface area contributed by atoms with E-state index in [0.717, 1.165) is 10.6 Å². The Labute approximate surface area is 107 Å². The van der Waals surface area contributed by atoms with Crippen molar-refractivity contribution in [1.29, 1.82) is 0 Å². The third-order valence-corrected chi connectivity index (χ3v) is 3.81. The number of carbonyl (C=O) groups excluding carboxylic acids is 1. The smallest absolute Gasteiger partial charge is 0.414 e. The molecule has 1 fully saturated rings. The first-order valence-corrected chi connectivity index (χ1v) is 7.18. The van der Waals surface area contributed by atoms with E-state index in [0.29, 0.717) is 12.4 Å². The van der Waals surface area contributed by atoms with Crippen LogP contribution in [0, 0.1) is 0 Å². The van der Waals surface area contributed by atoms with Crippen LogP contribution >= 0.6 is 11.6 Å². The van der Waals surface area contributed by atoms with Crippen molar-refractivity contribution in [3.05, 3.63) is 24.3 Å². The fourth-order valence-electron chi connectivity index (χ4n) is 1.63. The Hall–Kier alpha value is -1.07. The molecule has 2 rings (SSSR count). The Kier molecular flexibility index (Phi) is 3.69. The molecule has 1 unspecified atom stereocenters. The molecular weight excluding hydrogens is 262 g/mol. The average molecular weight is 274 g/mol. The topological polar surface area (TPSA) is 46.6 Å². The van der Waals surface area contributed by atoms with Crippen molar-refractivity contribution in [3.8, 4) is 0 Å². The second-order valence-electron chi connectivity index (χ2n) is 3.72. The van der Waals surface area contributed by atoms with Crippen LogP contribution in [0.1, 0.15) is 0 Å². The van der Waals surface area contributed by atoms with Gasteiger partial charge in [-0.1, -0.05) is 0 Å². The number of hydrogen-bond donors (Lipinski definition) is 0. The molecule has 1 aliphatic heterocycles. The minimum Gasteiger partial charge on any atom is -0.443 e. The van der Waals surface area contributed by atoms with Crippen LogP contribution in [-0.2, 0) is 15.5 Å². The van der Waals surface area contributed by atoms with E-state index in [1.54, 1.807) is 30.5 Å². The van der Waals surface area contributed by atoms with Crippen molar-refractivity contribution in [2.75, 3.05) is 23.6 Å². The molecule has 0 saturated carbocycles. The van der Waals surface area contributed by atoms with Gasteiger partial charge in [0.05, 0.1) is 12.4 Å². The monoisotopic (exact) mass is 273 g/mol. The number of cyclic esters (lactones) is 1. The lowest BCUT2D eigenvalue weighted by Gasteiger charge is -2.12. The molecule has 0 spiro atoms. The second-order valence-corrected chi connectivity index (χ2v) is 5.41. The summed E-state index contributed by atoms with van der Waals surface area (Å²) in [7, 11) is -1.01. The number of benzene rings is 1. The quantitative estimate of drug-likeness (QED) is 0.791. The molecule has 2 atom stereocenters. The number of alkyl halides is 1. The van der Waals surface area contributed by atoms with Crippen LogP contribution in [0.5, 0.6) is 0 Å². The van der Waals surface area contributed by atoms with E-state index in [2.05, 4.69) is 0 Å². The Morgan fingerprint density at radius 2 is 2.12 bits per heavy atom. The van der Waals surface area contributed by atoms with Gasteiger partial charge in [-0.05, 0) is 24.3 Å². The Morgan fingerprint density at radius 3 is 2.59 bits per heavy atom. The molecule has 1 aromatic rings. The highest BCUT2D eigenvalue weighted by molar-refractivity contribution is 7.84. The van der Waals surface area contributed by atoms with Gasteiger partial charge in [0, 0.05) is 27.6 Å². The first-order chi connectivity index (χ1) is 8.11. The number of halogens is 1. The van der Waals surface area contributed by atoms with Gasteiger partial charge in [-0.2, -0.15) is 0 Å². The largest absolute Gasteiger partial charge is 0.443 e. The molecule has 0 radical (unpaired) electrons. The summed E-state index contributed by atoms with van der Waals surface area (Å²) in [5.41, 5.74) is 0.733. The van der Waals surface area contributed by atoms with Gasteiger partial charge in [0.1, 0.15) is 6.10 Å². The van der Waals surface area contributed by atoms with Gasteiger partial charge in [0.2, 0.25) is 0 Å². The lowest BCUT2D eigenvalue weighted by Crippen LogP contribution is -2.24. The van der Waals surface area contributed by atoms with Gasteiger partial charge in [0.25, 0.3) is 0 Å². The Balaban J connectivity index is 2.18. The summed E-state index contributed by atoms with van der Waals surface area (Å²) in [6, 6.07) is 7.00. The Morgan fingerprint density at radius 1 is 1.47 bits per heavy atom. The standard InChI is InChI=1S/C11H12ClNO3S/c1-17(15)10-4-2-8(3-5-10)13-7-9(6-12)16-11(13)14/h2-5,9H,6-7H2,1H3/t9-,17?/m1/s1. The van der Waals surface area contributed by atoms with Gasteiger partial charge < -0.3 is 4.74 Å². The number of amides is 1. The molecule has 17 heavy (non-hydrogen) atoms. The van der Waals surface area contributed by atoms with Crippen LogP contribution in [0.3, 0.4) is 0 Å². The summed E-state index contributed by atoms with van der Waals surface area (Å²) in [6.07, 6.45) is 0.966. The lowest BCUT2D eigenvalue weighted by atomic mass is 10.3. The zero-order chi connectivity index (χ0) is 12.4. The zero-order valence-electron chi connectivity index (χ0n) is 9.26. The van der Waals surface area contributed by atoms with Crippen molar-refractivity contribution >= 4 is 34.2 Å². The summed E-state index contributed by atoms with van der Waals surface area (Å²) < 4.78 is 16.3. The van der Waals surface area contributed by atoms with Crippen LogP contribution in [-0.4, -0.2) is 35.1 Å². The van der Waals surface area contributed by atoms with Crippen LogP contribution in [0.2, 0.25) is 0 Å². The molecule has 1 saturated heterocycles. The van der Waals surface area contributed by atoms with E-state index in [-0.39, 0.29) is 12.2 Å². The van der Waals surface area contributed by atoms with Crippen molar-refractivity contribution in [3.63, 3.8) is 0 Å². The molecule has 1 heterocycles. The number of nitrogens with zero attached hydrogens (tertiary/aromatic N) is 1. The molecule has 0 aliphatic carbocycles. The number of anilines is 1. The van der Waals surface area contributed by atoms with Gasteiger partial charge in [-0.15, -0.1) is 11.6 Å². The number of rotatable bonds is 3. The fraction of sp³-hybridized carbons (Fsp3) is 0.364. The van der Waals surface area contributed by atoms with Crippen molar-refractivity contribution in [2.24, 2.45) is 0 Å². The van der Waals surface area contributed by atoms with Crippen LogP contribution in [0.25, 0.3) is 0 Å². The minimum absolute atomic E-state index is 0.260. The summed E-state index contributed by atoms with van der Waals surface area (Å²) in [4.78, 5) is 13.8.